The van der Waals surface area contributed by atoms with E-state index in [9.17, 15) is 4.79 Å². The zero-order valence-corrected chi connectivity index (χ0v) is 25.7. The number of fused-ring (bicyclic) bond motifs is 2. The van der Waals surface area contributed by atoms with Gasteiger partial charge in [-0.1, -0.05) is 23.9 Å². The van der Waals surface area contributed by atoms with Crippen molar-refractivity contribution in [1.82, 2.24) is 0 Å². The number of hydrogen-bond donors (Lipinski definition) is 0. The molecular weight excluding hydrogens is 512 g/mol. The topological polar surface area (TPSA) is 66.5 Å². The molecule has 5 rings (SSSR count). The molecule has 3 aliphatic heterocycles. The molecule has 3 heterocycles. The predicted octanol–water partition coefficient (Wildman–Crippen LogP) is 5.82. The number of amides is 1. The van der Waals surface area contributed by atoms with E-state index in [0.29, 0.717) is 0 Å². The summed E-state index contributed by atoms with van der Waals surface area (Å²) in [6.07, 6.45) is -0.433. The van der Waals surface area contributed by atoms with Gasteiger partial charge in [0, 0.05) is 9.79 Å². The van der Waals surface area contributed by atoms with Gasteiger partial charge in [0.05, 0.1) is 33.8 Å². The van der Waals surface area contributed by atoms with Crippen molar-refractivity contribution in [3.8, 4) is 0 Å². The van der Waals surface area contributed by atoms with Crippen molar-refractivity contribution in [3.63, 3.8) is 0 Å². The lowest BCUT2D eigenvalue weighted by molar-refractivity contribution is 0.00578. The minimum absolute atomic E-state index is 0.433. The Bertz CT molecular complexity index is 1200. The van der Waals surface area contributed by atoms with Crippen molar-refractivity contribution >= 4 is 54.4 Å². The molecule has 0 saturated carbocycles. The molecule has 0 unspecified atom stereocenters. The third kappa shape index (κ3) is 5.04. The first kappa shape index (κ1) is 28.6. The number of hydrogen-bond acceptors (Lipinski definition) is 7. The molecule has 0 spiro atoms. The fraction of sp³-hybridized carbons (Fsp3) is 0.552. The maximum Gasteiger partial charge on any atom is 0.494 e. The Balaban J connectivity index is 1.54. The molecule has 208 valence electrons. The van der Waals surface area contributed by atoms with E-state index in [0.717, 1.165) is 32.1 Å². The summed E-state index contributed by atoms with van der Waals surface area (Å²) >= 11 is 1.60. The van der Waals surface area contributed by atoms with Crippen molar-refractivity contribution in [2.75, 3.05) is 4.90 Å². The molecule has 2 aromatic carbocycles. The molecule has 2 saturated heterocycles. The van der Waals surface area contributed by atoms with Crippen molar-refractivity contribution in [3.05, 3.63) is 36.4 Å². The first-order valence-electron chi connectivity index (χ1n) is 13.5. The van der Waals surface area contributed by atoms with Crippen LogP contribution in [-0.4, -0.2) is 48.3 Å². The van der Waals surface area contributed by atoms with E-state index >= 15 is 0 Å². The Labute approximate surface area is 237 Å². The van der Waals surface area contributed by atoms with Crippen molar-refractivity contribution in [1.29, 1.82) is 0 Å². The highest BCUT2D eigenvalue weighted by Crippen LogP contribution is 2.49. The van der Waals surface area contributed by atoms with Gasteiger partial charge in [0.1, 0.15) is 5.60 Å². The quantitative estimate of drug-likeness (QED) is 0.436. The van der Waals surface area contributed by atoms with E-state index in [-0.39, 0.29) is 0 Å². The second-order valence-corrected chi connectivity index (χ2v) is 14.6. The third-order valence-electron chi connectivity index (χ3n) is 8.30. The first-order valence-corrected chi connectivity index (χ1v) is 14.3. The van der Waals surface area contributed by atoms with Gasteiger partial charge >= 0.3 is 20.3 Å². The lowest BCUT2D eigenvalue weighted by Crippen LogP contribution is -2.41. The lowest BCUT2D eigenvalue weighted by Gasteiger charge is -2.33. The largest absolute Gasteiger partial charge is 0.494 e. The predicted molar refractivity (Wildman–Crippen MR) is 157 cm³/mol. The average molecular weight is 551 g/mol. The van der Waals surface area contributed by atoms with Crippen molar-refractivity contribution in [2.24, 2.45) is 0 Å². The molecule has 0 radical (unpaired) electrons. The number of rotatable bonds is 2. The molecule has 7 nitrogen and oxygen atoms in total. The molecular formula is C29H39B2NO6S. The van der Waals surface area contributed by atoms with Gasteiger partial charge in [0.2, 0.25) is 0 Å². The number of anilines is 2. The van der Waals surface area contributed by atoms with Crippen LogP contribution in [0.4, 0.5) is 16.2 Å². The van der Waals surface area contributed by atoms with Crippen LogP contribution in [0.2, 0.25) is 0 Å². The average Bonchev–Trinajstić information content (AvgIpc) is 3.14. The highest BCUT2D eigenvalue weighted by molar-refractivity contribution is 7.99. The lowest BCUT2D eigenvalue weighted by atomic mass is 9.78. The Morgan fingerprint density at radius 1 is 0.718 bits per heavy atom. The molecule has 0 bridgehead atoms. The second-order valence-electron chi connectivity index (χ2n) is 13.5. The zero-order valence-electron chi connectivity index (χ0n) is 24.9. The normalized spacial score (nSPS) is 22.5. The SMILES string of the molecule is CC(C)(C)OC(=O)N1c2ccc(B3OC(C)(C)C(C)(C)O3)cc2Sc2cc(B3OC(C)(C)C(C)(C)O3)ccc21. The summed E-state index contributed by atoms with van der Waals surface area (Å²) in [6.45, 7) is 21.9. The Hall–Kier alpha value is -1.97. The van der Waals surface area contributed by atoms with E-state index in [1.807, 2.05) is 113 Å². The molecule has 0 atom stereocenters. The van der Waals surface area contributed by atoms with Gasteiger partial charge in [-0.2, -0.15) is 0 Å². The Morgan fingerprint density at radius 3 is 1.41 bits per heavy atom. The zero-order chi connectivity index (χ0) is 28.8. The van der Waals surface area contributed by atoms with Gasteiger partial charge < -0.3 is 23.4 Å². The maximum absolute atomic E-state index is 13.6. The monoisotopic (exact) mass is 551 g/mol. The molecule has 0 aromatic heterocycles. The molecule has 3 aliphatic rings. The Morgan fingerprint density at radius 2 is 1.08 bits per heavy atom. The number of nitrogens with zero attached hydrogens (tertiary/aromatic N) is 1. The fourth-order valence-electron chi connectivity index (χ4n) is 4.60. The molecule has 2 aromatic rings. The van der Waals surface area contributed by atoms with E-state index in [2.05, 4.69) is 0 Å². The van der Waals surface area contributed by atoms with Gasteiger partial charge in [-0.15, -0.1) is 0 Å². The van der Waals surface area contributed by atoms with Gasteiger partial charge in [0.25, 0.3) is 0 Å². The van der Waals surface area contributed by atoms with E-state index < -0.39 is 48.3 Å². The fourth-order valence-corrected chi connectivity index (χ4v) is 5.75. The summed E-state index contributed by atoms with van der Waals surface area (Å²) in [5.41, 5.74) is 0.857. The molecule has 0 N–H and O–H groups in total. The van der Waals surface area contributed by atoms with Gasteiger partial charge in [-0.05, 0) is 111 Å². The van der Waals surface area contributed by atoms with Gasteiger partial charge in [-0.25, -0.2) is 9.69 Å². The number of carbonyl (C=O) groups is 1. The van der Waals surface area contributed by atoms with Crippen LogP contribution in [0.25, 0.3) is 0 Å². The van der Waals surface area contributed by atoms with E-state index in [4.69, 9.17) is 23.4 Å². The highest BCUT2D eigenvalue weighted by Gasteiger charge is 2.53. The van der Waals surface area contributed by atoms with Crippen LogP contribution >= 0.6 is 11.8 Å². The van der Waals surface area contributed by atoms with Crippen LogP contribution in [0.15, 0.2) is 46.2 Å². The van der Waals surface area contributed by atoms with Crippen LogP contribution in [0.3, 0.4) is 0 Å². The molecule has 2 fully saturated rings. The standard InChI is InChI=1S/C29H39B2NO6S/c1-25(2,3)34-24(33)32-20-14-12-18(30-35-26(4,5)27(6,7)36-30)16-22(20)39-23-17-19(13-15-21(23)32)31-37-28(8,9)29(10,11)38-31/h12-17H,1-11H3. The van der Waals surface area contributed by atoms with Crippen LogP contribution in [0.5, 0.6) is 0 Å². The highest BCUT2D eigenvalue weighted by atomic mass is 32.2. The van der Waals surface area contributed by atoms with Crippen LogP contribution < -0.4 is 15.8 Å². The number of carbonyl (C=O) groups excluding carboxylic acids is 1. The third-order valence-corrected chi connectivity index (χ3v) is 9.39. The Kier molecular flexibility index (Phi) is 6.60. The van der Waals surface area contributed by atoms with Crippen LogP contribution in [-0.2, 0) is 23.4 Å². The summed E-state index contributed by atoms with van der Waals surface area (Å²) in [5.74, 6) is 0. The smallest absolute Gasteiger partial charge is 0.443 e. The summed E-state index contributed by atoms with van der Waals surface area (Å²) in [7, 11) is -1.01. The molecule has 0 aliphatic carbocycles. The molecule has 1 amide bonds. The van der Waals surface area contributed by atoms with E-state index in [1.165, 1.54) is 0 Å². The summed E-state index contributed by atoms with van der Waals surface area (Å²) < 4.78 is 31.1. The number of ether oxygens (including phenoxy) is 1. The van der Waals surface area contributed by atoms with E-state index in [1.54, 1.807) is 16.7 Å². The van der Waals surface area contributed by atoms with Crippen molar-refractivity contribution in [2.45, 2.75) is 114 Å². The minimum Gasteiger partial charge on any atom is -0.443 e. The minimum atomic E-state index is -0.646. The number of benzene rings is 2. The summed E-state index contributed by atoms with van der Waals surface area (Å²) in [6, 6.07) is 11.9. The van der Waals surface area contributed by atoms with Crippen LogP contribution in [0, 0.1) is 0 Å². The van der Waals surface area contributed by atoms with Gasteiger partial charge in [-0.3, -0.25) is 0 Å². The molecule has 10 heteroatoms. The summed E-state index contributed by atoms with van der Waals surface area (Å²) in [5, 5.41) is 0. The maximum atomic E-state index is 13.6. The summed E-state index contributed by atoms with van der Waals surface area (Å²) in [4.78, 5) is 17.0. The first-order chi connectivity index (χ1) is 17.8. The van der Waals surface area contributed by atoms with Gasteiger partial charge in [0.15, 0.2) is 0 Å². The van der Waals surface area contributed by atoms with Crippen molar-refractivity contribution < 1.29 is 28.1 Å². The molecule has 39 heavy (non-hydrogen) atoms. The second kappa shape index (κ2) is 9.02. The van der Waals surface area contributed by atoms with Crippen LogP contribution in [0.1, 0.15) is 76.2 Å².